The Morgan fingerprint density at radius 1 is 1.36 bits per heavy atom. The molecule has 3 aromatic rings. The van der Waals surface area contributed by atoms with Gasteiger partial charge in [0.25, 0.3) is 0 Å². The van der Waals surface area contributed by atoms with Crippen LogP contribution in [0.2, 0.25) is 0 Å². The molecule has 1 amide bonds. The predicted octanol–water partition coefficient (Wildman–Crippen LogP) is 1.98. The zero-order valence-electron chi connectivity index (χ0n) is 13.5. The second kappa shape index (κ2) is 6.95. The number of aromatic nitrogens is 4. The highest BCUT2D eigenvalue weighted by atomic mass is 16.6. The first-order valence-electron chi connectivity index (χ1n) is 7.54. The van der Waals surface area contributed by atoms with Gasteiger partial charge in [0.05, 0.1) is 12.7 Å². The van der Waals surface area contributed by atoms with E-state index >= 15 is 0 Å². The van der Waals surface area contributed by atoms with Gasteiger partial charge >= 0.3 is 5.82 Å². The largest absolute Gasteiger partial charge is 0.381 e. The first-order chi connectivity index (χ1) is 12.0. The zero-order valence-corrected chi connectivity index (χ0v) is 13.5. The highest BCUT2D eigenvalue weighted by Gasteiger charge is 2.13. The molecular formula is C16H16N6O3. The predicted molar refractivity (Wildman–Crippen MR) is 90.0 cm³/mol. The molecule has 0 saturated heterocycles. The van der Waals surface area contributed by atoms with Crippen molar-refractivity contribution in [3.8, 4) is 0 Å². The fraction of sp³-hybridized carbons (Fsp3) is 0.188. The molecule has 9 heteroatoms. The van der Waals surface area contributed by atoms with E-state index in [1.807, 2.05) is 25.1 Å². The lowest BCUT2D eigenvalue weighted by Crippen LogP contribution is -2.20. The molecule has 0 spiro atoms. The minimum atomic E-state index is -0.606. The molecule has 0 unspecified atom stereocenters. The molecule has 0 aliphatic carbocycles. The monoisotopic (exact) mass is 340 g/mol. The lowest BCUT2D eigenvalue weighted by atomic mass is 10.1. The van der Waals surface area contributed by atoms with Crippen molar-refractivity contribution in [2.24, 2.45) is 0 Å². The molecule has 1 N–H and O–H groups in total. The molecule has 0 aliphatic heterocycles. The van der Waals surface area contributed by atoms with Crippen LogP contribution in [0, 0.1) is 17.0 Å². The third-order valence-electron chi connectivity index (χ3n) is 3.53. The maximum absolute atomic E-state index is 12.1. The summed E-state index contributed by atoms with van der Waals surface area (Å²) in [5, 5.41) is 17.6. The molecule has 0 bridgehead atoms. The number of nitrogens with one attached hydrogen (secondary N) is 1. The Bertz CT molecular complexity index is 914. The van der Waals surface area contributed by atoms with E-state index in [2.05, 4.69) is 21.5 Å². The number of rotatable bonds is 6. The van der Waals surface area contributed by atoms with E-state index in [0.29, 0.717) is 12.4 Å². The van der Waals surface area contributed by atoms with E-state index in [1.54, 1.807) is 16.9 Å². The quantitative estimate of drug-likeness (QED) is 0.545. The van der Waals surface area contributed by atoms with Crippen LogP contribution >= 0.6 is 0 Å². The van der Waals surface area contributed by atoms with Gasteiger partial charge in [0.1, 0.15) is 18.6 Å². The Morgan fingerprint density at radius 3 is 2.92 bits per heavy atom. The number of nitrogens with zero attached hydrogens (tertiary/aromatic N) is 5. The molecule has 1 aromatic carbocycles. The highest BCUT2D eigenvalue weighted by molar-refractivity contribution is 5.89. The minimum absolute atomic E-state index is 0.0730. The highest BCUT2D eigenvalue weighted by Crippen LogP contribution is 2.12. The maximum atomic E-state index is 12.1. The Balaban J connectivity index is 1.65. The van der Waals surface area contributed by atoms with E-state index in [0.717, 1.165) is 11.1 Å². The number of carbonyl (C=O) groups is 1. The van der Waals surface area contributed by atoms with Gasteiger partial charge in [-0.25, -0.2) is 4.68 Å². The van der Waals surface area contributed by atoms with Gasteiger partial charge in [-0.05, 0) is 22.4 Å². The summed E-state index contributed by atoms with van der Waals surface area (Å²) < 4.78 is 3.04. The smallest absolute Gasteiger partial charge is 0.358 e. The summed E-state index contributed by atoms with van der Waals surface area (Å²) in [5.41, 5.74) is 2.22. The number of imidazole rings is 1. The third kappa shape index (κ3) is 4.08. The average molecular weight is 340 g/mol. The minimum Gasteiger partial charge on any atom is -0.358 e. The van der Waals surface area contributed by atoms with Crippen LogP contribution in [0.25, 0.3) is 0 Å². The number of nitro groups is 1. The molecule has 128 valence electrons. The van der Waals surface area contributed by atoms with Gasteiger partial charge in [-0.2, -0.15) is 5.10 Å². The third-order valence-corrected chi connectivity index (χ3v) is 3.53. The number of hydrogen-bond acceptors (Lipinski definition) is 5. The van der Waals surface area contributed by atoms with Gasteiger partial charge in [0.15, 0.2) is 0 Å². The van der Waals surface area contributed by atoms with Crippen molar-refractivity contribution >= 4 is 17.5 Å². The fourth-order valence-electron chi connectivity index (χ4n) is 2.43. The zero-order chi connectivity index (χ0) is 17.8. The maximum Gasteiger partial charge on any atom is 0.381 e. The van der Waals surface area contributed by atoms with Crippen LogP contribution in [0.4, 0.5) is 11.6 Å². The standard InChI is InChI=1S/C16H16N6O3/c1-12-3-2-4-13(7-12)8-21-14(5-6-18-21)19-16(23)10-20-9-15(17-11-20)22(24)25/h2-7,9,11H,8,10H2,1H3,(H,19,23). The van der Waals surface area contributed by atoms with E-state index in [4.69, 9.17) is 0 Å². The lowest BCUT2D eigenvalue weighted by molar-refractivity contribution is -0.389. The summed E-state index contributed by atoms with van der Waals surface area (Å²) in [6.07, 6.45) is 4.07. The summed E-state index contributed by atoms with van der Waals surface area (Å²) in [6.45, 7) is 2.47. The van der Waals surface area contributed by atoms with Gasteiger partial charge in [0.2, 0.25) is 12.2 Å². The van der Waals surface area contributed by atoms with Crippen molar-refractivity contribution in [2.45, 2.75) is 20.0 Å². The molecular weight excluding hydrogens is 324 g/mol. The van der Waals surface area contributed by atoms with Crippen molar-refractivity contribution in [3.63, 3.8) is 0 Å². The number of benzene rings is 1. The van der Waals surface area contributed by atoms with Gasteiger partial charge in [0, 0.05) is 6.07 Å². The van der Waals surface area contributed by atoms with E-state index in [9.17, 15) is 14.9 Å². The molecule has 3 rings (SSSR count). The Kier molecular flexibility index (Phi) is 4.55. The number of aryl methyl sites for hydroxylation is 1. The van der Waals surface area contributed by atoms with Crippen LogP contribution < -0.4 is 5.32 Å². The van der Waals surface area contributed by atoms with Crippen molar-refractivity contribution < 1.29 is 9.72 Å². The Hall–Kier alpha value is -3.49. The van der Waals surface area contributed by atoms with Crippen LogP contribution in [-0.4, -0.2) is 30.2 Å². The van der Waals surface area contributed by atoms with Gasteiger partial charge in [-0.3, -0.25) is 4.79 Å². The second-order valence-corrected chi connectivity index (χ2v) is 5.57. The van der Waals surface area contributed by atoms with Crippen LogP contribution in [-0.2, 0) is 17.9 Å². The van der Waals surface area contributed by atoms with E-state index < -0.39 is 4.92 Å². The van der Waals surface area contributed by atoms with Crippen LogP contribution in [0.5, 0.6) is 0 Å². The van der Waals surface area contributed by atoms with Crippen molar-refractivity contribution in [3.05, 3.63) is 70.3 Å². The van der Waals surface area contributed by atoms with Gasteiger partial charge in [-0.1, -0.05) is 29.8 Å². The molecule has 9 nitrogen and oxygen atoms in total. The van der Waals surface area contributed by atoms with Crippen molar-refractivity contribution in [1.82, 2.24) is 19.3 Å². The van der Waals surface area contributed by atoms with Crippen molar-refractivity contribution in [1.29, 1.82) is 0 Å². The SMILES string of the molecule is Cc1cccc(Cn2nccc2NC(=O)Cn2cnc([N+](=O)[O-])c2)c1. The summed E-state index contributed by atoms with van der Waals surface area (Å²) in [6, 6.07) is 9.73. The molecule has 0 fully saturated rings. The lowest BCUT2D eigenvalue weighted by Gasteiger charge is -2.09. The van der Waals surface area contributed by atoms with Crippen LogP contribution in [0.3, 0.4) is 0 Å². The molecule has 0 atom stereocenters. The Labute approximate surface area is 143 Å². The molecule has 2 heterocycles. The number of amides is 1. The number of hydrogen-bond donors (Lipinski definition) is 1. The normalized spacial score (nSPS) is 10.6. The average Bonchev–Trinajstić information content (AvgIpc) is 3.17. The van der Waals surface area contributed by atoms with Crippen molar-refractivity contribution in [2.75, 3.05) is 5.32 Å². The Morgan fingerprint density at radius 2 is 2.20 bits per heavy atom. The second-order valence-electron chi connectivity index (χ2n) is 5.57. The fourth-order valence-corrected chi connectivity index (χ4v) is 2.43. The topological polar surface area (TPSA) is 108 Å². The molecule has 0 aliphatic rings. The van der Waals surface area contributed by atoms with E-state index in [1.165, 1.54) is 17.1 Å². The first kappa shape index (κ1) is 16.4. The van der Waals surface area contributed by atoms with Crippen LogP contribution in [0.15, 0.2) is 49.1 Å². The summed E-state index contributed by atoms with van der Waals surface area (Å²) in [4.78, 5) is 25.8. The van der Waals surface area contributed by atoms with E-state index in [-0.39, 0.29) is 18.3 Å². The summed E-state index contributed by atoms with van der Waals surface area (Å²) >= 11 is 0. The molecule has 0 radical (unpaired) electrons. The molecule has 2 aromatic heterocycles. The van der Waals surface area contributed by atoms with Gasteiger partial charge in [-0.15, -0.1) is 0 Å². The molecule has 25 heavy (non-hydrogen) atoms. The van der Waals surface area contributed by atoms with Crippen LogP contribution in [0.1, 0.15) is 11.1 Å². The summed E-state index contributed by atoms with van der Waals surface area (Å²) in [5.74, 6) is -0.0586. The molecule has 0 saturated carbocycles. The van der Waals surface area contributed by atoms with Gasteiger partial charge < -0.3 is 20.0 Å². The summed E-state index contributed by atoms with van der Waals surface area (Å²) in [7, 11) is 0. The number of anilines is 1. The number of carbonyl (C=O) groups excluding carboxylic acids is 1. The first-order valence-corrected chi connectivity index (χ1v) is 7.54.